The van der Waals surface area contributed by atoms with Crippen LogP contribution in [0.4, 0.5) is 5.82 Å². The summed E-state index contributed by atoms with van der Waals surface area (Å²) in [7, 11) is 2.86. The fraction of sp³-hybridized carbons (Fsp3) is 0.571. The van der Waals surface area contributed by atoms with Crippen molar-refractivity contribution >= 4 is 11.8 Å². The Morgan fingerprint density at radius 2 is 2.11 bits per heavy atom. The van der Waals surface area contributed by atoms with E-state index in [1.807, 2.05) is 6.07 Å². The predicted molar refractivity (Wildman–Crippen MR) is 72.7 cm³/mol. The molecule has 0 radical (unpaired) electrons. The van der Waals surface area contributed by atoms with Gasteiger partial charge < -0.3 is 14.4 Å². The van der Waals surface area contributed by atoms with Crippen molar-refractivity contribution in [1.29, 1.82) is 0 Å². The standard InChI is InChI=1S/C14H20N2O3/c1-9-7-8-16(10(9)2)12-6-5-11(14(17)19-4)13(15-12)18-3/h5-6,9-10H,7-8H2,1-4H3. The first-order valence-electron chi connectivity index (χ1n) is 6.48. The smallest absolute Gasteiger partial charge is 0.343 e. The maximum absolute atomic E-state index is 11.6. The minimum atomic E-state index is -0.432. The van der Waals surface area contributed by atoms with Gasteiger partial charge in [0.1, 0.15) is 11.4 Å². The van der Waals surface area contributed by atoms with Crippen LogP contribution in [-0.2, 0) is 4.74 Å². The van der Waals surface area contributed by atoms with Gasteiger partial charge in [0.15, 0.2) is 0 Å². The van der Waals surface area contributed by atoms with Gasteiger partial charge in [-0.05, 0) is 31.4 Å². The Morgan fingerprint density at radius 3 is 2.63 bits per heavy atom. The highest BCUT2D eigenvalue weighted by molar-refractivity contribution is 5.92. The highest BCUT2D eigenvalue weighted by atomic mass is 16.5. The molecule has 0 N–H and O–H groups in total. The molecule has 19 heavy (non-hydrogen) atoms. The minimum Gasteiger partial charge on any atom is -0.480 e. The molecule has 1 aliphatic heterocycles. The molecule has 1 aromatic rings. The Bertz CT molecular complexity index is 476. The van der Waals surface area contributed by atoms with Crippen molar-refractivity contribution in [3.63, 3.8) is 0 Å². The summed E-state index contributed by atoms with van der Waals surface area (Å²) in [6.07, 6.45) is 1.16. The number of aromatic nitrogens is 1. The predicted octanol–water partition coefficient (Wildman–Crippen LogP) is 2.11. The highest BCUT2D eigenvalue weighted by Crippen LogP contribution is 2.30. The number of methoxy groups -OCH3 is 2. The summed E-state index contributed by atoms with van der Waals surface area (Å²) >= 11 is 0. The van der Waals surface area contributed by atoms with Gasteiger partial charge >= 0.3 is 5.97 Å². The second-order valence-electron chi connectivity index (χ2n) is 4.92. The third-order valence-electron chi connectivity index (χ3n) is 3.88. The van der Waals surface area contributed by atoms with Gasteiger partial charge in [-0.15, -0.1) is 0 Å². The molecule has 0 saturated carbocycles. The third kappa shape index (κ3) is 2.50. The molecule has 0 bridgehead atoms. The summed E-state index contributed by atoms with van der Waals surface area (Å²) in [5, 5.41) is 0. The Kier molecular flexibility index (Phi) is 3.93. The van der Waals surface area contributed by atoms with Crippen LogP contribution in [0.5, 0.6) is 5.88 Å². The van der Waals surface area contributed by atoms with Crippen molar-refractivity contribution in [2.45, 2.75) is 26.3 Å². The van der Waals surface area contributed by atoms with Gasteiger partial charge in [0, 0.05) is 12.6 Å². The van der Waals surface area contributed by atoms with Crippen molar-refractivity contribution in [2.75, 3.05) is 25.7 Å². The SMILES string of the molecule is COC(=O)c1ccc(N2CCC(C)C2C)nc1OC. The van der Waals surface area contributed by atoms with Crippen LogP contribution < -0.4 is 9.64 Å². The molecule has 0 spiro atoms. The fourth-order valence-corrected chi connectivity index (χ4v) is 2.43. The Labute approximate surface area is 113 Å². The number of hydrogen-bond acceptors (Lipinski definition) is 5. The molecular formula is C14H20N2O3. The monoisotopic (exact) mass is 264 g/mol. The van der Waals surface area contributed by atoms with Crippen LogP contribution >= 0.6 is 0 Å². The largest absolute Gasteiger partial charge is 0.480 e. The molecule has 1 fully saturated rings. The summed E-state index contributed by atoms with van der Waals surface area (Å²) in [4.78, 5) is 18.3. The number of carbonyl (C=O) groups is 1. The number of nitrogens with zero attached hydrogens (tertiary/aromatic N) is 2. The van der Waals surface area contributed by atoms with Gasteiger partial charge in [0.25, 0.3) is 0 Å². The molecule has 2 heterocycles. The number of carbonyl (C=O) groups excluding carboxylic acids is 1. The average Bonchev–Trinajstić information content (AvgIpc) is 2.77. The average molecular weight is 264 g/mol. The quantitative estimate of drug-likeness (QED) is 0.783. The summed E-state index contributed by atoms with van der Waals surface area (Å²) < 4.78 is 9.90. The number of anilines is 1. The maximum atomic E-state index is 11.6. The summed E-state index contributed by atoms with van der Waals surface area (Å²) in [5.74, 6) is 1.38. The van der Waals surface area contributed by atoms with Gasteiger partial charge in [-0.25, -0.2) is 4.79 Å². The molecule has 5 nitrogen and oxygen atoms in total. The zero-order valence-corrected chi connectivity index (χ0v) is 11.8. The molecule has 5 heteroatoms. The van der Waals surface area contributed by atoms with Gasteiger partial charge in [-0.2, -0.15) is 4.98 Å². The molecule has 0 amide bonds. The zero-order chi connectivity index (χ0) is 14.0. The van der Waals surface area contributed by atoms with Gasteiger partial charge in [0.05, 0.1) is 14.2 Å². The zero-order valence-electron chi connectivity index (χ0n) is 11.8. The summed E-state index contributed by atoms with van der Waals surface area (Å²) in [6.45, 7) is 5.42. The maximum Gasteiger partial charge on any atom is 0.343 e. The van der Waals surface area contributed by atoms with Crippen LogP contribution in [0.15, 0.2) is 12.1 Å². The summed E-state index contributed by atoms with van der Waals surface area (Å²) in [6, 6.07) is 4.01. The first-order valence-corrected chi connectivity index (χ1v) is 6.48. The lowest BCUT2D eigenvalue weighted by molar-refractivity contribution is 0.0596. The van der Waals surface area contributed by atoms with Crippen LogP contribution in [0.2, 0.25) is 0 Å². The van der Waals surface area contributed by atoms with Crippen LogP contribution in [-0.4, -0.2) is 37.8 Å². The van der Waals surface area contributed by atoms with E-state index in [-0.39, 0.29) is 0 Å². The highest BCUT2D eigenvalue weighted by Gasteiger charge is 2.29. The van der Waals surface area contributed by atoms with Gasteiger partial charge in [0.2, 0.25) is 5.88 Å². The lowest BCUT2D eigenvalue weighted by Gasteiger charge is -2.25. The summed E-state index contributed by atoms with van der Waals surface area (Å²) in [5.41, 5.74) is 0.355. The number of ether oxygens (including phenoxy) is 2. The molecule has 0 aromatic carbocycles. The molecule has 104 valence electrons. The van der Waals surface area contributed by atoms with E-state index in [0.29, 0.717) is 23.4 Å². The molecule has 2 atom stereocenters. The Morgan fingerprint density at radius 1 is 1.37 bits per heavy atom. The van der Waals surface area contributed by atoms with Crippen molar-refractivity contribution in [3.05, 3.63) is 17.7 Å². The number of esters is 1. The van der Waals surface area contributed by atoms with Crippen LogP contribution in [0.25, 0.3) is 0 Å². The van der Waals surface area contributed by atoms with Crippen molar-refractivity contribution < 1.29 is 14.3 Å². The molecule has 1 aliphatic rings. The van der Waals surface area contributed by atoms with Crippen molar-refractivity contribution in [2.24, 2.45) is 5.92 Å². The van der Waals surface area contributed by atoms with E-state index in [9.17, 15) is 4.79 Å². The van der Waals surface area contributed by atoms with Crippen LogP contribution in [0.3, 0.4) is 0 Å². The Balaban J connectivity index is 2.32. The number of pyridine rings is 1. The lowest BCUT2D eigenvalue weighted by atomic mass is 10.1. The molecule has 1 aromatic heterocycles. The number of hydrogen-bond donors (Lipinski definition) is 0. The molecule has 2 unspecified atom stereocenters. The van der Waals surface area contributed by atoms with E-state index in [0.717, 1.165) is 18.8 Å². The van der Waals surface area contributed by atoms with Gasteiger partial charge in [-0.3, -0.25) is 0 Å². The van der Waals surface area contributed by atoms with Crippen LogP contribution in [0.1, 0.15) is 30.6 Å². The van der Waals surface area contributed by atoms with E-state index < -0.39 is 5.97 Å². The first kappa shape index (κ1) is 13.6. The second kappa shape index (κ2) is 5.47. The van der Waals surface area contributed by atoms with Crippen molar-refractivity contribution in [1.82, 2.24) is 4.98 Å². The van der Waals surface area contributed by atoms with E-state index in [4.69, 9.17) is 9.47 Å². The first-order chi connectivity index (χ1) is 9.08. The molecule has 1 saturated heterocycles. The topological polar surface area (TPSA) is 51.7 Å². The second-order valence-corrected chi connectivity index (χ2v) is 4.92. The Hall–Kier alpha value is -1.78. The normalized spacial score (nSPS) is 22.4. The lowest BCUT2D eigenvalue weighted by Crippen LogP contribution is -2.30. The van der Waals surface area contributed by atoms with Crippen molar-refractivity contribution in [3.8, 4) is 5.88 Å². The number of rotatable bonds is 3. The van der Waals surface area contributed by atoms with E-state index in [2.05, 4.69) is 23.7 Å². The van der Waals surface area contributed by atoms with E-state index in [1.54, 1.807) is 6.07 Å². The van der Waals surface area contributed by atoms with Crippen LogP contribution in [0, 0.1) is 5.92 Å². The third-order valence-corrected chi connectivity index (χ3v) is 3.88. The molecule has 2 rings (SSSR count). The van der Waals surface area contributed by atoms with Gasteiger partial charge in [-0.1, -0.05) is 6.92 Å². The molecule has 0 aliphatic carbocycles. The van der Waals surface area contributed by atoms with E-state index >= 15 is 0 Å². The van der Waals surface area contributed by atoms with E-state index in [1.165, 1.54) is 14.2 Å². The fourth-order valence-electron chi connectivity index (χ4n) is 2.43. The minimum absolute atomic E-state index is 0.316. The molecular weight excluding hydrogens is 244 g/mol.